The number of alkyl halides is 3. The molecule has 15 heteroatoms. The average molecular weight is 508 g/mol. The van der Waals surface area contributed by atoms with Crippen molar-refractivity contribution in [1.29, 1.82) is 0 Å². The molecule has 1 unspecified atom stereocenters. The molecule has 0 aliphatic heterocycles. The van der Waals surface area contributed by atoms with Gasteiger partial charge in [-0.15, -0.1) is 0 Å². The van der Waals surface area contributed by atoms with Crippen LogP contribution in [0.3, 0.4) is 0 Å². The fourth-order valence-electron chi connectivity index (χ4n) is 2.46. The molecular weight excluding hydrogens is 494 g/mol. The average Bonchev–Trinajstić information content (AvgIpc) is 3.20. The van der Waals surface area contributed by atoms with Gasteiger partial charge in [0.05, 0.1) is 21.3 Å². The molecule has 0 saturated carbocycles. The van der Waals surface area contributed by atoms with Crippen molar-refractivity contribution in [1.82, 2.24) is 14.4 Å². The van der Waals surface area contributed by atoms with Crippen LogP contribution in [0.4, 0.5) is 18.9 Å². The zero-order valence-corrected chi connectivity index (χ0v) is 17.7. The zero-order chi connectivity index (χ0) is 24.9. The number of nitrogens with one attached hydrogen (secondary N) is 1. The number of imidazole rings is 1. The summed E-state index contributed by atoms with van der Waals surface area (Å²) in [4.78, 5) is 40.4. The highest BCUT2D eigenvalue weighted by Gasteiger charge is 2.38. The molecular formula is C18H14Cl2F3N5O5. The molecule has 33 heavy (non-hydrogen) atoms. The molecule has 3 rings (SSSR count). The molecule has 0 aliphatic rings. The Morgan fingerprint density at radius 2 is 1.73 bits per heavy atom. The summed E-state index contributed by atoms with van der Waals surface area (Å²) in [6.45, 7) is 0. The third-order valence-corrected chi connectivity index (χ3v) is 4.52. The molecule has 0 aliphatic carbocycles. The van der Waals surface area contributed by atoms with Gasteiger partial charge in [0, 0.05) is 36.9 Å². The van der Waals surface area contributed by atoms with E-state index in [4.69, 9.17) is 43.9 Å². The number of halogens is 5. The molecule has 5 N–H and O–H groups in total. The highest BCUT2D eigenvalue weighted by atomic mass is 35.5. The van der Waals surface area contributed by atoms with Gasteiger partial charge in [-0.05, 0) is 12.1 Å². The number of pyridine rings is 2. The lowest BCUT2D eigenvalue weighted by Gasteiger charge is -2.13. The molecule has 10 nitrogen and oxygen atoms in total. The van der Waals surface area contributed by atoms with Gasteiger partial charge < -0.3 is 25.7 Å². The summed E-state index contributed by atoms with van der Waals surface area (Å²) in [7, 11) is 0. The first-order chi connectivity index (χ1) is 15.3. The quantitative estimate of drug-likeness (QED) is 0.409. The van der Waals surface area contributed by atoms with E-state index >= 15 is 0 Å². The Kier molecular flexibility index (Phi) is 8.19. The predicted octanol–water partition coefficient (Wildman–Crippen LogP) is 2.88. The summed E-state index contributed by atoms with van der Waals surface area (Å²) < 4.78 is 33.4. The number of hydrogen-bond acceptors (Lipinski definition) is 6. The van der Waals surface area contributed by atoms with Crippen molar-refractivity contribution in [3.8, 4) is 0 Å². The maximum Gasteiger partial charge on any atom is 0.490 e. The molecule has 3 aromatic heterocycles. The van der Waals surface area contributed by atoms with Crippen LogP contribution < -0.4 is 11.1 Å². The molecule has 0 bridgehead atoms. The number of hydrogen-bond donors (Lipinski definition) is 4. The highest BCUT2D eigenvalue weighted by Crippen LogP contribution is 2.25. The minimum atomic E-state index is -5.08. The Hall–Kier alpha value is -3.42. The third-order valence-electron chi connectivity index (χ3n) is 3.95. The van der Waals surface area contributed by atoms with Crippen molar-refractivity contribution in [2.24, 2.45) is 5.73 Å². The first-order valence-corrected chi connectivity index (χ1v) is 9.42. The zero-order valence-electron chi connectivity index (χ0n) is 16.2. The number of carboxylic acid groups (broad SMARTS) is 2. The van der Waals surface area contributed by atoms with Crippen LogP contribution in [-0.2, 0) is 16.0 Å². The first-order valence-electron chi connectivity index (χ1n) is 8.66. The van der Waals surface area contributed by atoms with Crippen molar-refractivity contribution >= 4 is 52.4 Å². The summed E-state index contributed by atoms with van der Waals surface area (Å²) in [5.41, 5.74) is 7.20. The van der Waals surface area contributed by atoms with Crippen molar-refractivity contribution in [3.05, 3.63) is 58.2 Å². The number of carbonyl (C=O) groups is 3. The molecule has 0 radical (unpaired) electrons. The predicted molar refractivity (Wildman–Crippen MR) is 110 cm³/mol. The van der Waals surface area contributed by atoms with Crippen LogP contribution in [0.5, 0.6) is 0 Å². The molecule has 1 atom stereocenters. The Bertz CT molecular complexity index is 1180. The van der Waals surface area contributed by atoms with Gasteiger partial charge in [-0.25, -0.2) is 9.78 Å². The lowest BCUT2D eigenvalue weighted by atomic mass is 10.1. The van der Waals surface area contributed by atoms with Gasteiger partial charge in [0.2, 0.25) is 0 Å². The second kappa shape index (κ2) is 10.5. The number of nitrogens with two attached hydrogens (primary N) is 1. The van der Waals surface area contributed by atoms with Crippen LogP contribution in [0.1, 0.15) is 16.1 Å². The lowest BCUT2D eigenvalue weighted by Crippen LogP contribution is -2.32. The molecule has 0 fully saturated rings. The van der Waals surface area contributed by atoms with Gasteiger partial charge in [-0.2, -0.15) is 13.2 Å². The van der Waals surface area contributed by atoms with Gasteiger partial charge in [0.25, 0.3) is 5.91 Å². The molecule has 3 aromatic rings. The standard InChI is InChI=1S/C16H13Cl2N5O3.C2HF3O2/c17-9-6-20-7-10(18)13(9)15(24)22-12-2-1-8(5-11(19)16(25)26)23-4-3-21-14(12)23;3-2(4,5)1(6)7/h1-4,6-7,11H,5,19H2,(H,22,24)(H,25,26);(H,6,7). The van der Waals surface area contributed by atoms with E-state index in [1.807, 2.05) is 0 Å². The van der Waals surface area contributed by atoms with Crippen molar-refractivity contribution in [2.45, 2.75) is 18.6 Å². The van der Waals surface area contributed by atoms with E-state index in [0.717, 1.165) is 0 Å². The number of nitrogens with zero attached hydrogens (tertiary/aromatic N) is 3. The van der Waals surface area contributed by atoms with E-state index in [9.17, 15) is 22.8 Å². The number of carbonyl (C=O) groups excluding carboxylic acids is 1. The topological polar surface area (TPSA) is 160 Å². The molecule has 0 saturated heterocycles. The van der Waals surface area contributed by atoms with E-state index < -0.39 is 30.1 Å². The van der Waals surface area contributed by atoms with Gasteiger partial charge in [0.1, 0.15) is 6.04 Å². The van der Waals surface area contributed by atoms with E-state index in [0.29, 0.717) is 17.0 Å². The SMILES string of the molecule is NC(Cc1ccc(NC(=O)c2c(Cl)cncc2Cl)c2nccn12)C(=O)O.O=C(O)C(F)(F)F. The number of rotatable bonds is 5. The largest absolute Gasteiger partial charge is 0.490 e. The van der Waals surface area contributed by atoms with Crippen LogP contribution >= 0.6 is 23.2 Å². The Balaban J connectivity index is 0.000000479. The van der Waals surface area contributed by atoms with Crippen LogP contribution in [-0.4, -0.2) is 54.6 Å². The minimum absolute atomic E-state index is 0.102. The molecule has 0 aromatic carbocycles. The van der Waals surface area contributed by atoms with Crippen LogP contribution in [0, 0.1) is 0 Å². The van der Waals surface area contributed by atoms with Gasteiger partial charge in [0.15, 0.2) is 5.65 Å². The maximum absolute atomic E-state index is 12.5. The molecule has 3 heterocycles. The first kappa shape index (κ1) is 25.8. The second-order valence-corrected chi connectivity index (χ2v) is 7.06. The molecule has 1 amide bonds. The Labute approximate surface area is 192 Å². The van der Waals surface area contributed by atoms with E-state index in [2.05, 4.69) is 15.3 Å². The minimum Gasteiger partial charge on any atom is -0.480 e. The molecule has 176 valence electrons. The summed E-state index contributed by atoms with van der Waals surface area (Å²) in [5, 5.41) is 19.1. The fraction of sp³-hybridized carbons (Fsp3) is 0.167. The van der Waals surface area contributed by atoms with E-state index in [1.165, 1.54) is 18.6 Å². The van der Waals surface area contributed by atoms with Crippen molar-refractivity contribution < 1.29 is 37.8 Å². The van der Waals surface area contributed by atoms with Crippen molar-refractivity contribution in [2.75, 3.05) is 5.32 Å². The van der Waals surface area contributed by atoms with Gasteiger partial charge in [-0.1, -0.05) is 23.2 Å². The smallest absolute Gasteiger partial charge is 0.480 e. The van der Waals surface area contributed by atoms with Gasteiger partial charge in [-0.3, -0.25) is 14.6 Å². The van der Waals surface area contributed by atoms with Gasteiger partial charge >= 0.3 is 18.1 Å². The fourth-order valence-corrected chi connectivity index (χ4v) is 2.99. The number of aliphatic carboxylic acids is 2. The lowest BCUT2D eigenvalue weighted by molar-refractivity contribution is -0.192. The number of carboxylic acids is 2. The third kappa shape index (κ3) is 6.54. The number of fused-ring (bicyclic) bond motifs is 1. The van der Waals surface area contributed by atoms with Crippen LogP contribution in [0.2, 0.25) is 10.0 Å². The normalized spacial score (nSPS) is 11.9. The Morgan fingerprint density at radius 1 is 1.15 bits per heavy atom. The van der Waals surface area contributed by atoms with E-state index in [1.54, 1.807) is 22.7 Å². The number of aromatic nitrogens is 3. The van der Waals surface area contributed by atoms with Crippen LogP contribution in [0.25, 0.3) is 5.65 Å². The summed E-state index contributed by atoms with van der Waals surface area (Å²) >= 11 is 12.0. The van der Waals surface area contributed by atoms with E-state index in [-0.39, 0.29) is 22.0 Å². The summed E-state index contributed by atoms with van der Waals surface area (Å²) in [6.07, 6.45) is 0.862. The monoisotopic (exact) mass is 507 g/mol. The summed E-state index contributed by atoms with van der Waals surface area (Å²) in [5.74, 6) is -4.37. The molecule has 0 spiro atoms. The number of amides is 1. The summed E-state index contributed by atoms with van der Waals surface area (Å²) in [6, 6.07) is 2.24. The maximum atomic E-state index is 12.5. The Morgan fingerprint density at radius 3 is 2.24 bits per heavy atom. The van der Waals surface area contributed by atoms with Crippen LogP contribution in [0.15, 0.2) is 36.9 Å². The second-order valence-electron chi connectivity index (χ2n) is 6.24. The number of anilines is 1. The van der Waals surface area contributed by atoms with Crippen molar-refractivity contribution in [3.63, 3.8) is 0 Å². The highest BCUT2D eigenvalue weighted by molar-refractivity contribution is 6.40.